The van der Waals surface area contributed by atoms with Gasteiger partial charge in [-0.2, -0.15) is 0 Å². The average Bonchev–Trinajstić information content (AvgIpc) is 3.00. The summed E-state index contributed by atoms with van der Waals surface area (Å²) in [6.07, 6.45) is 2.83. The minimum absolute atomic E-state index is 0.119. The summed E-state index contributed by atoms with van der Waals surface area (Å²) >= 11 is 0. The van der Waals surface area contributed by atoms with Crippen molar-refractivity contribution in [1.82, 2.24) is 20.0 Å². The lowest BCUT2D eigenvalue weighted by atomic mass is 10.00. The minimum Gasteiger partial charge on any atom is -0.346 e. The fraction of sp³-hybridized carbons (Fsp3) is 0.333. The van der Waals surface area contributed by atoms with E-state index < -0.39 is 23.6 Å². The zero-order valence-corrected chi connectivity index (χ0v) is 23.2. The second kappa shape index (κ2) is 13.3. The van der Waals surface area contributed by atoms with Gasteiger partial charge in [0.05, 0.1) is 6.04 Å². The van der Waals surface area contributed by atoms with Gasteiger partial charge in [-0.1, -0.05) is 91.0 Å². The lowest BCUT2D eigenvalue weighted by Gasteiger charge is -2.41. The Kier molecular flexibility index (Phi) is 9.08. The van der Waals surface area contributed by atoms with E-state index in [1.807, 2.05) is 78.9 Å². The van der Waals surface area contributed by atoms with E-state index in [1.54, 1.807) is 14.7 Å². The Morgan fingerprint density at radius 3 is 1.73 bits per heavy atom. The van der Waals surface area contributed by atoms with Crippen LogP contribution in [0.3, 0.4) is 0 Å². The summed E-state index contributed by atoms with van der Waals surface area (Å²) in [5.41, 5.74) is 3.09. The quantitative estimate of drug-likeness (QED) is 0.292. The maximum atomic E-state index is 13.4. The molecule has 0 radical (unpaired) electrons. The number of carbonyl (C=O) groups is 4. The Morgan fingerprint density at radius 1 is 0.610 bits per heavy atom. The van der Waals surface area contributed by atoms with Gasteiger partial charge in [-0.15, -0.1) is 0 Å². The number of piperazine rings is 2. The van der Waals surface area contributed by atoms with Crippen molar-refractivity contribution in [3.05, 3.63) is 108 Å². The van der Waals surface area contributed by atoms with Crippen LogP contribution in [0, 0.1) is 0 Å². The third-order valence-corrected chi connectivity index (χ3v) is 7.92. The van der Waals surface area contributed by atoms with Gasteiger partial charge in [0.15, 0.2) is 0 Å². The Labute approximate surface area is 240 Å². The molecular weight excluding hydrogens is 516 g/mol. The molecule has 2 aliphatic heterocycles. The van der Waals surface area contributed by atoms with Gasteiger partial charge < -0.3 is 20.0 Å². The van der Waals surface area contributed by atoms with Crippen LogP contribution in [0.1, 0.15) is 36.0 Å². The van der Waals surface area contributed by atoms with E-state index in [9.17, 15) is 19.2 Å². The van der Waals surface area contributed by atoms with Gasteiger partial charge in [0.2, 0.25) is 0 Å². The number of rotatable bonds is 11. The average molecular weight is 553 g/mol. The van der Waals surface area contributed by atoms with Crippen LogP contribution >= 0.6 is 0 Å². The normalized spacial score (nSPS) is 19.5. The van der Waals surface area contributed by atoms with Crippen LogP contribution in [0.25, 0.3) is 0 Å². The highest BCUT2D eigenvalue weighted by molar-refractivity contribution is 6.36. The Bertz CT molecular complexity index is 1350. The molecule has 2 saturated heterocycles. The molecule has 0 aliphatic carbocycles. The zero-order valence-electron chi connectivity index (χ0n) is 23.2. The van der Waals surface area contributed by atoms with Crippen LogP contribution in [-0.2, 0) is 38.7 Å². The number of hydrogen-bond donors (Lipinski definition) is 1. The van der Waals surface area contributed by atoms with Crippen LogP contribution in [0.5, 0.6) is 0 Å². The van der Waals surface area contributed by atoms with E-state index in [4.69, 9.17) is 0 Å². The second-order valence-electron chi connectivity index (χ2n) is 10.8. The number of benzene rings is 3. The highest BCUT2D eigenvalue weighted by Gasteiger charge is 2.39. The molecule has 1 N–H and O–H groups in total. The van der Waals surface area contributed by atoms with Gasteiger partial charge in [0.1, 0.15) is 0 Å². The maximum Gasteiger partial charge on any atom is 0.312 e. The summed E-state index contributed by atoms with van der Waals surface area (Å²) in [7, 11) is 0. The van der Waals surface area contributed by atoms with Crippen molar-refractivity contribution >= 4 is 23.6 Å². The minimum atomic E-state index is -0.570. The predicted octanol–water partition coefficient (Wildman–Crippen LogP) is 3.17. The molecule has 2 atom stereocenters. The first-order valence-corrected chi connectivity index (χ1v) is 14.3. The van der Waals surface area contributed by atoms with Crippen LogP contribution in [0.4, 0.5) is 0 Å². The third kappa shape index (κ3) is 7.01. The molecule has 212 valence electrons. The summed E-state index contributed by atoms with van der Waals surface area (Å²) in [6.45, 7) is 2.14. The Balaban J connectivity index is 1.21. The monoisotopic (exact) mass is 552 g/mol. The fourth-order valence-electron chi connectivity index (χ4n) is 5.71. The number of carbonyl (C=O) groups excluding carboxylic acids is 4. The summed E-state index contributed by atoms with van der Waals surface area (Å²) in [6, 6.07) is 29.2. The van der Waals surface area contributed by atoms with E-state index in [1.165, 1.54) is 0 Å². The molecule has 41 heavy (non-hydrogen) atoms. The first-order chi connectivity index (χ1) is 20.0. The van der Waals surface area contributed by atoms with E-state index >= 15 is 0 Å². The van der Waals surface area contributed by atoms with Crippen LogP contribution in [0.2, 0.25) is 0 Å². The molecule has 0 spiro atoms. The van der Waals surface area contributed by atoms with Gasteiger partial charge in [-0.3, -0.25) is 19.2 Å². The fourth-order valence-corrected chi connectivity index (χ4v) is 5.71. The van der Waals surface area contributed by atoms with Crippen molar-refractivity contribution in [3.8, 4) is 0 Å². The largest absolute Gasteiger partial charge is 0.346 e. The molecule has 2 fully saturated rings. The maximum absolute atomic E-state index is 13.4. The topological polar surface area (TPSA) is 90.0 Å². The molecular formula is C33H36N4O4. The SMILES string of the molecule is O=C1NC[C@@H](CCCCN2C[C@H](Cc3ccccc3)N(Cc3ccccc3)C(=O)C2=O)N(Cc2ccccc2)C1=O. The van der Waals surface area contributed by atoms with Gasteiger partial charge in [0, 0.05) is 38.8 Å². The molecule has 4 amide bonds. The third-order valence-electron chi connectivity index (χ3n) is 7.92. The van der Waals surface area contributed by atoms with Crippen LogP contribution < -0.4 is 5.32 Å². The van der Waals surface area contributed by atoms with Crippen molar-refractivity contribution < 1.29 is 19.2 Å². The summed E-state index contributed by atoms with van der Waals surface area (Å²) in [4.78, 5) is 56.3. The number of nitrogens with zero attached hydrogens (tertiary/aromatic N) is 3. The number of amides is 4. The first kappa shape index (κ1) is 28.1. The van der Waals surface area contributed by atoms with Crippen molar-refractivity contribution in [3.63, 3.8) is 0 Å². The van der Waals surface area contributed by atoms with Crippen LogP contribution in [0.15, 0.2) is 91.0 Å². The second-order valence-corrected chi connectivity index (χ2v) is 10.8. The smallest absolute Gasteiger partial charge is 0.312 e. The predicted molar refractivity (Wildman–Crippen MR) is 155 cm³/mol. The lowest BCUT2D eigenvalue weighted by Crippen LogP contribution is -2.60. The Morgan fingerprint density at radius 2 is 1.15 bits per heavy atom. The molecule has 2 heterocycles. The van der Waals surface area contributed by atoms with E-state index in [0.29, 0.717) is 52.0 Å². The molecule has 5 rings (SSSR count). The van der Waals surface area contributed by atoms with Crippen molar-refractivity contribution in [2.45, 2.75) is 50.9 Å². The zero-order chi connectivity index (χ0) is 28.6. The summed E-state index contributed by atoms with van der Waals surface area (Å²) < 4.78 is 0. The molecule has 3 aromatic carbocycles. The number of hydrogen-bond acceptors (Lipinski definition) is 4. The van der Waals surface area contributed by atoms with Crippen molar-refractivity contribution in [1.29, 1.82) is 0 Å². The van der Waals surface area contributed by atoms with E-state index in [-0.39, 0.29) is 12.1 Å². The molecule has 0 bridgehead atoms. The first-order valence-electron chi connectivity index (χ1n) is 14.3. The van der Waals surface area contributed by atoms with Gasteiger partial charge >= 0.3 is 23.6 Å². The van der Waals surface area contributed by atoms with Gasteiger partial charge in [-0.25, -0.2) is 0 Å². The highest BCUT2D eigenvalue weighted by Crippen LogP contribution is 2.22. The van der Waals surface area contributed by atoms with Gasteiger partial charge in [0.25, 0.3) is 0 Å². The highest BCUT2D eigenvalue weighted by atomic mass is 16.2. The van der Waals surface area contributed by atoms with Crippen LogP contribution in [-0.4, -0.2) is 70.0 Å². The molecule has 0 saturated carbocycles. The van der Waals surface area contributed by atoms with E-state index in [2.05, 4.69) is 17.4 Å². The molecule has 0 aromatic heterocycles. The standard InChI is InChI=1S/C33H36N4O4/c38-30-31(39)36(22-26-14-6-2-7-15-26)28(21-34-30)18-10-11-19-35-24-29(20-25-12-4-1-5-13-25)37(33(41)32(35)40)23-27-16-8-3-9-17-27/h1-9,12-17,28-29H,10-11,18-24H2,(H,34,38)/t28-,29+/m1/s1. The van der Waals surface area contributed by atoms with Gasteiger partial charge in [-0.05, 0) is 42.4 Å². The summed E-state index contributed by atoms with van der Waals surface area (Å²) in [5, 5.41) is 2.71. The number of unbranched alkanes of at least 4 members (excludes halogenated alkanes) is 1. The molecule has 8 nitrogen and oxygen atoms in total. The van der Waals surface area contributed by atoms with E-state index in [0.717, 1.165) is 23.1 Å². The van der Waals surface area contributed by atoms with Crippen molar-refractivity contribution in [2.75, 3.05) is 19.6 Å². The van der Waals surface area contributed by atoms with Crippen molar-refractivity contribution in [2.24, 2.45) is 0 Å². The molecule has 0 unspecified atom stereocenters. The molecule has 3 aromatic rings. The molecule has 8 heteroatoms. The summed E-state index contributed by atoms with van der Waals surface area (Å²) in [5.74, 6) is -2.00. The number of nitrogens with one attached hydrogen (secondary N) is 1. The lowest BCUT2D eigenvalue weighted by molar-refractivity contribution is -0.159. The molecule has 2 aliphatic rings. The Hall–Kier alpha value is -4.46.